The molecule has 1 spiro atoms. The number of aromatic nitrogens is 1. The van der Waals surface area contributed by atoms with E-state index in [9.17, 15) is 0 Å². The Kier molecular flexibility index (Phi) is 5.04. The second-order valence-corrected chi connectivity index (χ2v) is 6.87. The maximum Gasteiger partial charge on any atom is 0.0482 e. The van der Waals surface area contributed by atoms with Gasteiger partial charge in [-0.25, -0.2) is 0 Å². The van der Waals surface area contributed by atoms with Gasteiger partial charge in [0.05, 0.1) is 0 Å². The van der Waals surface area contributed by atoms with Crippen molar-refractivity contribution in [1.29, 1.82) is 0 Å². The summed E-state index contributed by atoms with van der Waals surface area (Å²) in [5.41, 5.74) is 5.29. The van der Waals surface area contributed by atoms with E-state index in [4.69, 9.17) is 0 Å². The highest BCUT2D eigenvalue weighted by Gasteiger charge is 2.43. The summed E-state index contributed by atoms with van der Waals surface area (Å²) in [6, 6.07) is 8.97. The van der Waals surface area contributed by atoms with Gasteiger partial charge in [-0.1, -0.05) is 46.4 Å². The molecule has 1 aromatic carbocycles. The first-order valence-electron chi connectivity index (χ1n) is 8.78. The van der Waals surface area contributed by atoms with Crippen LogP contribution in [0.25, 0.3) is 10.9 Å². The van der Waals surface area contributed by atoms with E-state index in [0.717, 1.165) is 5.92 Å². The zero-order valence-electron chi connectivity index (χ0n) is 14.1. The van der Waals surface area contributed by atoms with Crippen LogP contribution in [0.15, 0.2) is 24.3 Å². The second kappa shape index (κ2) is 6.48. The molecular formula is C21H33N. The van der Waals surface area contributed by atoms with Gasteiger partial charge in [0.1, 0.15) is 0 Å². The van der Waals surface area contributed by atoms with E-state index >= 15 is 0 Å². The number of nitrogens with zero attached hydrogens (tertiary/aromatic N) is 1. The minimum Gasteiger partial charge on any atom is -0.347 e. The molecule has 0 amide bonds. The van der Waals surface area contributed by atoms with E-state index in [2.05, 4.69) is 42.8 Å². The van der Waals surface area contributed by atoms with Gasteiger partial charge in [-0.05, 0) is 56.1 Å². The summed E-state index contributed by atoms with van der Waals surface area (Å²) < 4.78 is 2.51. The topological polar surface area (TPSA) is 4.93 Å². The number of fused-ring (bicyclic) bond motifs is 4. The zero-order valence-corrected chi connectivity index (χ0v) is 14.1. The lowest BCUT2D eigenvalue weighted by Crippen LogP contribution is -2.30. The highest BCUT2D eigenvalue weighted by atomic mass is 15.0. The average molecular weight is 300 g/mol. The van der Waals surface area contributed by atoms with Crippen molar-refractivity contribution in [3.63, 3.8) is 0 Å². The van der Waals surface area contributed by atoms with E-state index < -0.39 is 0 Å². The number of para-hydroxylation sites is 1. The number of hydrogen-bond acceptors (Lipinski definition) is 0. The first-order chi connectivity index (χ1) is 10.2. The van der Waals surface area contributed by atoms with Crippen molar-refractivity contribution in [2.24, 2.45) is 13.0 Å². The summed E-state index contributed by atoms with van der Waals surface area (Å²) in [4.78, 5) is 0. The molecule has 0 atom stereocenters. The van der Waals surface area contributed by atoms with Crippen LogP contribution in [-0.4, -0.2) is 4.57 Å². The van der Waals surface area contributed by atoms with Crippen LogP contribution in [0, 0.1) is 5.92 Å². The Morgan fingerprint density at radius 1 is 1.05 bits per heavy atom. The zero-order chi connectivity index (χ0) is 15.0. The lowest BCUT2D eigenvalue weighted by Gasteiger charge is -2.37. The molecule has 1 aromatic heterocycles. The molecule has 22 heavy (non-hydrogen) atoms. The SMILES string of the molecule is C.CC.CC1CCC2(CCc3c2n(C)c2ccccc32)CC1. The lowest BCUT2D eigenvalue weighted by atomic mass is 9.69. The second-order valence-electron chi connectivity index (χ2n) is 6.87. The minimum atomic E-state index is 0. The quantitative estimate of drug-likeness (QED) is 0.543. The van der Waals surface area contributed by atoms with Crippen molar-refractivity contribution in [3.05, 3.63) is 35.5 Å². The minimum absolute atomic E-state index is 0. The molecule has 0 unspecified atom stereocenters. The summed E-state index contributed by atoms with van der Waals surface area (Å²) in [6.07, 6.45) is 8.34. The maximum atomic E-state index is 2.51. The van der Waals surface area contributed by atoms with Crippen molar-refractivity contribution in [3.8, 4) is 0 Å². The number of aryl methyl sites for hydroxylation is 2. The standard InChI is InChI=1S/C18H23N.C2H6.CH4/c1-13-7-10-18(11-8-13)12-9-15-14-5-3-4-6-16(14)19(2)17(15)18;1-2;/h3-6,13H,7-12H2,1-2H3;1-2H3;1H4. The van der Waals surface area contributed by atoms with Crippen LogP contribution in [0.5, 0.6) is 0 Å². The first kappa shape index (κ1) is 17.1. The van der Waals surface area contributed by atoms with E-state index in [1.807, 2.05) is 13.8 Å². The normalized spacial score (nSPS) is 26.3. The largest absolute Gasteiger partial charge is 0.347 e. The van der Waals surface area contributed by atoms with Gasteiger partial charge in [0, 0.05) is 29.1 Å². The summed E-state index contributed by atoms with van der Waals surface area (Å²) >= 11 is 0. The fraction of sp³-hybridized carbons (Fsp3) is 0.619. The molecule has 0 bridgehead atoms. The monoisotopic (exact) mass is 299 g/mol. The third kappa shape index (κ3) is 2.39. The van der Waals surface area contributed by atoms with Gasteiger partial charge in [0.2, 0.25) is 0 Å². The van der Waals surface area contributed by atoms with Crippen molar-refractivity contribution >= 4 is 10.9 Å². The molecular weight excluding hydrogens is 266 g/mol. The fourth-order valence-corrected chi connectivity index (χ4v) is 4.68. The van der Waals surface area contributed by atoms with Crippen molar-refractivity contribution in [1.82, 2.24) is 4.57 Å². The van der Waals surface area contributed by atoms with E-state index in [1.54, 1.807) is 11.3 Å². The molecule has 2 aromatic rings. The number of benzene rings is 1. The van der Waals surface area contributed by atoms with Gasteiger partial charge < -0.3 is 4.57 Å². The van der Waals surface area contributed by atoms with Gasteiger partial charge in [-0.15, -0.1) is 0 Å². The van der Waals surface area contributed by atoms with Gasteiger partial charge in [-0.2, -0.15) is 0 Å². The Bertz CT molecular complexity index is 627. The van der Waals surface area contributed by atoms with Crippen molar-refractivity contribution in [2.45, 2.75) is 72.1 Å². The van der Waals surface area contributed by atoms with E-state index in [1.165, 1.54) is 49.4 Å². The summed E-state index contributed by atoms with van der Waals surface area (Å²) in [6.45, 7) is 6.42. The highest BCUT2D eigenvalue weighted by Crippen LogP contribution is 2.52. The molecule has 0 radical (unpaired) electrons. The molecule has 2 aliphatic carbocycles. The molecule has 1 saturated carbocycles. The number of rotatable bonds is 0. The molecule has 2 aliphatic rings. The van der Waals surface area contributed by atoms with Gasteiger partial charge in [-0.3, -0.25) is 0 Å². The van der Waals surface area contributed by atoms with Crippen LogP contribution in [0.4, 0.5) is 0 Å². The molecule has 1 fully saturated rings. The third-order valence-corrected chi connectivity index (χ3v) is 5.80. The highest BCUT2D eigenvalue weighted by molar-refractivity contribution is 5.86. The summed E-state index contributed by atoms with van der Waals surface area (Å²) in [5.74, 6) is 0.935. The molecule has 1 heterocycles. The Hall–Kier alpha value is -1.24. The predicted molar refractivity (Wildman–Crippen MR) is 98.6 cm³/mol. The van der Waals surface area contributed by atoms with Gasteiger partial charge in [0.15, 0.2) is 0 Å². The summed E-state index contributed by atoms with van der Waals surface area (Å²) in [5, 5.41) is 1.51. The van der Waals surface area contributed by atoms with Crippen LogP contribution in [-0.2, 0) is 18.9 Å². The van der Waals surface area contributed by atoms with Gasteiger partial charge >= 0.3 is 0 Å². The lowest BCUT2D eigenvalue weighted by molar-refractivity contribution is 0.233. The predicted octanol–water partition coefficient (Wildman–Crippen LogP) is 6.23. The molecule has 0 N–H and O–H groups in total. The van der Waals surface area contributed by atoms with E-state index in [0.29, 0.717) is 5.41 Å². The Balaban J connectivity index is 0.000000566. The van der Waals surface area contributed by atoms with E-state index in [-0.39, 0.29) is 7.43 Å². The molecule has 122 valence electrons. The Morgan fingerprint density at radius 2 is 1.68 bits per heavy atom. The summed E-state index contributed by atoms with van der Waals surface area (Å²) in [7, 11) is 2.28. The van der Waals surface area contributed by atoms with Crippen LogP contribution in [0.2, 0.25) is 0 Å². The molecule has 0 aliphatic heterocycles. The fourth-order valence-electron chi connectivity index (χ4n) is 4.68. The first-order valence-corrected chi connectivity index (χ1v) is 8.78. The Labute approximate surface area is 136 Å². The molecule has 4 rings (SSSR count). The van der Waals surface area contributed by atoms with Crippen LogP contribution < -0.4 is 0 Å². The van der Waals surface area contributed by atoms with Gasteiger partial charge in [0.25, 0.3) is 0 Å². The van der Waals surface area contributed by atoms with Crippen molar-refractivity contribution < 1.29 is 0 Å². The van der Waals surface area contributed by atoms with Crippen LogP contribution in [0.3, 0.4) is 0 Å². The van der Waals surface area contributed by atoms with Crippen molar-refractivity contribution in [2.75, 3.05) is 0 Å². The third-order valence-electron chi connectivity index (χ3n) is 5.80. The molecule has 0 saturated heterocycles. The van der Waals surface area contributed by atoms with Crippen LogP contribution >= 0.6 is 0 Å². The Morgan fingerprint density at radius 3 is 2.36 bits per heavy atom. The molecule has 1 nitrogen and oxygen atoms in total. The average Bonchev–Trinajstić information content (AvgIpc) is 3.04. The smallest absolute Gasteiger partial charge is 0.0482 e. The number of hydrogen-bond donors (Lipinski definition) is 0. The van der Waals surface area contributed by atoms with Crippen LogP contribution in [0.1, 0.15) is 71.6 Å². The molecule has 1 heteroatoms. The maximum absolute atomic E-state index is 2.51.